The van der Waals surface area contributed by atoms with Gasteiger partial charge in [-0.25, -0.2) is 0 Å². The smallest absolute Gasteiger partial charge is 0.0113 e. The molecule has 0 rings (SSSR count). The Labute approximate surface area is 76.6 Å². The number of hydrogen-bond acceptors (Lipinski definition) is 2. The quantitative estimate of drug-likeness (QED) is 0.644. The highest BCUT2D eigenvalue weighted by atomic mass is 32.1. The molecule has 0 saturated carbocycles. The topological polar surface area (TPSA) is 3.24 Å². The van der Waals surface area contributed by atoms with E-state index in [-0.39, 0.29) is 0 Å². The van der Waals surface area contributed by atoms with Crippen LogP contribution >= 0.6 is 12.6 Å². The minimum atomic E-state index is 0.373. The highest BCUT2D eigenvalue weighted by Crippen LogP contribution is 2.22. The molecule has 0 radical (unpaired) electrons. The zero-order chi connectivity index (χ0) is 9.07. The molecule has 0 aliphatic rings. The summed E-state index contributed by atoms with van der Waals surface area (Å²) in [5, 5.41) is 0. The molecule has 0 aromatic heterocycles. The van der Waals surface area contributed by atoms with Crippen LogP contribution in [0, 0.1) is 5.41 Å². The first-order valence-electron chi connectivity index (χ1n) is 4.20. The molecule has 0 fully saturated rings. The van der Waals surface area contributed by atoms with Gasteiger partial charge in [-0.3, -0.25) is 0 Å². The molecule has 11 heavy (non-hydrogen) atoms. The molecule has 0 aliphatic carbocycles. The van der Waals surface area contributed by atoms with Gasteiger partial charge >= 0.3 is 0 Å². The predicted molar refractivity (Wildman–Crippen MR) is 55.4 cm³/mol. The van der Waals surface area contributed by atoms with Crippen LogP contribution in [0.1, 0.15) is 27.7 Å². The largest absolute Gasteiger partial charge is 0.302 e. The summed E-state index contributed by atoms with van der Waals surface area (Å²) in [6.45, 7) is 10.1. The van der Waals surface area contributed by atoms with Gasteiger partial charge in [0, 0.05) is 18.3 Å². The molecule has 2 heteroatoms. The molecule has 1 unspecified atom stereocenters. The van der Waals surface area contributed by atoms with E-state index in [0.717, 1.165) is 12.3 Å². The summed E-state index contributed by atoms with van der Waals surface area (Å²) >= 11 is 4.21. The lowest BCUT2D eigenvalue weighted by Crippen LogP contribution is -2.40. The Hall–Kier alpha value is 0.310. The summed E-state index contributed by atoms with van der Waals surface area (Å²) in [4.78, 5) is 2.35. The van der Waals surface area contributed by atoms with Gasteiger partial charge in [-0.2, -0.15) is 12.6 Å². The first-order chi connectivity index (χ1) is 4.89. The van der Waals surface area contributed by atoms with Gasteiger partial charge in [0.05, 0.1) is 0 Å². The van der Waals surface area contributed by atoms with Crippen molar-refractivity contribution in [2.75, 3.05) is 19.3 Å². The van der Waals surface area contributed by atoms with Crippen molar-refractivity contribution in [2.24, 2.45) is 5.41 Å². The lowest BCUT2D eigenvalue weighted by atomic mass is 9.87. The predicted octanol–water partition coefficient (Wildman–Crippen LogP) is 2.28. The molecule has 68 valence electrons. The molecular weight excluding hydrogens is 154 g/mol. The van der Waals surface area contributed by atoms with Crippen LogP contribution in [0.3, 0.4) is 0 Å². The molecule has 1 atom stereocenters. The summed E-state index contributed by atoms with van der Waals surface area (Å²) in [6, 6.07) is 0.620. The van der Waals surface area contributed by atoms with Crippen molar-refractivity contribution < 1.29 is 0 Å². The van der Waals surface area contributed by atoms with Gasteiger partial charge in [0.25, 0.3) is 0 Å². The van der Waals surface area contributed by atoms with E-state index < -0.39 is 0 Å². The average Bonchev–Trinajstić information content (AvgIpc) is 1.85. The molecule has 0 aromatic carbocycles. The van der Waals surface area contributed by atoms with Gasteiger partial charge in [0.15, 0.2) is 0 Å². The van der Waals surface area contributed by atoms with E-state index in [4.69, 9.17) is 0 Å². The van der Waals surface area contributed by atoms with Gasteiger partial charge < -0.3 is 4.90 Å². The maximum absolute atomic E-state index is 4.21. The minimum absolute atomic E-state index is 0.373. The zero-order valence-electron chi connectivity index (χ0n) is 8.39. The third-order valence-electron chi connectivity index (χ3n) is 2.37. The van der Waals surface area contributed by atoms with Crippen molar-refractivity contribution in [2.45, 2.75) is 33.7 Å². The van der Waals surface area contributed by atoms with Gasteiger partial charge in [0.2, 0.25) is 0 Å². The second kappa shape index (κ2) is 4.36. The Morgan fingerprint density at radius 3 is 2.09 bits per heavy atom. The first kappa shape index (κ1) is 11.3. The lowest BCUT2D eigenvalue weighted by molar-refractivity contribution is 0.149. The van der Waals surface area contributed by atoms with Crippen LogP contribution in [0.5, 0.6) is 0 Å². The van der Waals surface area contributed by atoms with Crippen molar-refractivity contribution in [1.82, 2.24) is 4.90 Å². The van der Waals surface area contributed by atoms with E-state index in [1.54, 1.807) is 0 Å². The van der Waals surface area contributed by atoms with E-state index in [1.807, 2.05) is 0 Å². The van der Waals surface area contributed by atoms with Crippen LogP contribution in [0.15, 0.2) is 0 Å². The van der Waals surface area contributed by atoms with Crippen LogP contribution in [0.2, 0.25) is 0 Å². The zero-order valence-corrected chi connectivity index (χ0v) is 9.28. The summed E-state index contributed by atoms with van der Waals surface area (Å²) in [5.74, 6) is 0.941. The first-order valence-corrected chi connectivity index (χ1v) is 4.84. The second-order valence-corrected chi connectivity index (χ2v) is 4.69. The molecular formula is C9H21NS. The van der Waals surface area contributed by atoms with Gasteiger partial charge in [0.1, 0.15) is 0 Å². The maximum atomic E-state index is 4.21. The molecule has 0 aromatic rings. The minimum Gasteiger partial charge on any atom is -0.302 e. The third-order valence-corrected chi connectivity index (χ3v) is 2.57. The molecule has 0 bridgehead atoms. The highest BCUT2D eigenvalue weighted by Gasteiger charge is 2.22. The normalized spacial score (nSPS) is 15.5. The van der Waals surface area contributed by atoms with Crippen LogP contribution in [-0.2, 0) is 0 Å². The van der Waals surface area contributed by atoms with Gasteiger partial charge in [-0.05, 0) is 19.4 Å². The monoisotopic (exact) mass is 175 g/mol. The Morgan fingerprint density at radius 2 is 1.82 bits per heavy atom. The molecule has 0 aliphatic heterocycles. The van der Waals surface area contributed by atoms with E-state index >= 15 is 0 Å². The molecule has 0 spiro atoms. The van der Waals surface area contributed by atoms with Crippen molar-refractivity contribution >= 4 is 12.6 Å². The maximum Gasteiger partial charge on any atom is 0.0113 e. The van der Waals surface area contributed by atoms with E-state index in [9.17, 15) is 0 Å². The summed E-state index contributed by atoms with van der Waals surface area (Å²) in [7, 11) is 2.16. The molecule has 0 heterocycles. The Morgan fingerprint density at radius 1 is 1.36 bits per heavy atom. The Bertz CT molecular complexity index is 107. The number of rotatable bonds is 3. The standard InChI is InChI=1S/C9H21NS/c1-8(9(2,3)4)10(5)6-7-11/h8,11H,6-7H2,1-5H3. The van der Waals surface area contributed by atoms with Crippen LogP contribution in [-0.4, -0.2) is 30.3 Å². The molecule has 1 nitrogen and oxygen atoms in total. The number of thiol groups is 1. The lowest BCUT2D eigenvalue weighted by Gasteiger charge is -2.35. The van der Waals surface area contributed by atoms with E-state index in [2.05, 4.69) is 52.3 Å². The van der Waals surface area contributed by atoms with Gasteiger partial charge in [-0.1, -0.05) is 20.8 Å². The summed E-state index contributed by atoms with van der Waals surface area (Å²) in [5.41, 5.74) is 0.373. The Balaban J connectivity index is 3.91. The van der Waals surface area contributed by atoms with Crippen LogP contribution < -0.4 is 0 Å². The molecule has 0 saturated heterocycles. The molecule has 0 N–H and O–H groups in total. The summed E-state index contributed by atoms with van der Waals surface area (Å²) < 4.78 is 0. The second-order valence-electron chi connectivity index (χ2n) is 4.25. The fraction of sp³-hybridized carbons (Fsp3) is 1.00. The Kier molecular flexibility index (Phi) is 4.49. The van der Waals surface area contributed by atoms with Crippen LogP contribution in [0.25, 0.3) is 0 Å². The van der Waals surface area contributed by atoms with E-state index in [0.29, 0.717) is 11.5 Å². The third kappa shape index (κ3) is 4.02. The number of nitrogens with zero attached hydrogens (tertiary/aromatic N) is 1. The fourth-order valence-corrected chi connectivity index (χ4v) is 1.33. The molecule has 0 amide bonds. The SMILES string of the molecule is CC(N(C)CCS)C(C)(C)C. The fourth-order valence-electron chi connectivity index (χ4n) is 1.01. The van der Waals surface area contributed by atoms with Crippen molar-refractivity contribution in [1.29, 1.82) is 0 Å². The highest BCUT2D eigenvalue weighted by molar-refractivity contribution is 7.80. The number of hydrogen-bond donors (Lipinski definition) is 1. The van der Waals surface area contributed by atoms with Crippen molar-refractivity contribution in [3.63, 3.8) is 0 Å². The van der Waals surface area contributed by atoms with Crippen LogP contribution in [0.4, 0.5) is 0 Å². The van der Waals surface area contributed by atoms with Gasteiger partial charge in [-0.15, -0.1) is 0 Å². The van der Waals surface area contributed by atoms with Crippen molar-refractivity contribution in [3.05, 3.63) is 0 Å². The van der Waals surface area contributed by atoms with E-state index in [1.165, 1.54) is 0 Å². The summed E-state index contributed by atoms with van der Waals surface area (Å²) in [6.07, 6.45) is 0. The van der Waals surface area contributed by atoms with Crippen molar-refractivity contribution in [3.8, 4) is 0 Å². The average molecular weight is 175 g/mol.